The highest BCUT2D eigenvalue weighted by Crippen LogP contribution is 2.27. The van der Waals surface area contributed by atoms with Crippen molar-refractivity contribution in [2.24, 2.45) is 0 Å². The van der Waals surface area contributed by atoms with Gasteiger partial charge in [0.15, 0.2) is 0 Å². The molecule has 0 aromatic heterocycles. The van der Waals surface area contributed by atoms with Crippen molar-refractivity contribution in [3.05, 3.63) is 125 Å². The molecule has 0 aliphatic heterocycles. The van der Waals surface area contributed by atoms with E-state index < -0.39 is 0 Å². The number of allylic oxidation sites excluding steroid dienone is 2. The van der Waals surface area contributed by atoms with E-state index in [0.717, 1.165) is 27.8 Å². The third-order valence-electron chi connectivity index (χ3n) is 3.78. The van der Waals surface area contributed by atoms with Crippen molar-refractivity contribution in [2.45, 2.75) is 0 Å². The Morgan fingerprint density at radius 1 is 0.760 bits per heavy atom. The maximum atomic E-state index is 5.94. The van der Waals surface area contributed by atoms with Gasteiger partial charge in [-0.25, -0.2) is 0 Å². The Kier molecular flexibility index (Phi) is 5.52. The van der Waals surface area contributed by atoms with E-state index in [1.54, 1.807) is 0 Å². The van der Waals surface area contributed by atoms with Crippen LogP contribution < -0.4 is 0 Å². The molecule has 120 valence electrons. The Hall–Kier alpha value is -3.01. The second-order valence-electron chi connectivity index (χ2n) is 5.48. The monoisotopic (exact) mass is 340 g/mol. The van der Waals surface area contributed by atoms with E-state index in [0.29, 0.717) is 5.02 Å². The zero-order valence-corrected chi connectivity index (χ0v) is 14.5. The van der Waals surface area contributed by atoms with Crippen LogP contribution in [0.1, 0.15) is 16.7 Å². The number of halogens is 1. The van der Waals surface area contributed by atoms with Crippen LogP contribution in [0.2, 0.25) is 5.02 Å². The quantitative estimate of drug-likeness (QED) is 0.383. The van der Waals surface area contributed by atoms with Crippen LogP contribution in [0.3, 0.4) is 0 Å². The van der Waals surface area contributed by atoms with Crippen molar-refractivity contribution in [2.75, 3.05) is 0 Å². The summed E-state index contributed by atoms with van der Waals surface area (Å²) in [5, 5.41) is 0.708. The molecule has 0 amide bonds. The summed E-state index contributed by atoms with van der Waals surface area (Å²) in [7, 11) is 0. The van der Waals surface area contributed by atoms with Gasteiger partial charge in [0.1, 0.15) is 0 Å². The lowest BCUT2D eigenvalue weighted by molar-refractivity contribution is 1.53. The molecule has 0 saturated heterocycles. The van der Waals surface area contributed by atoms with Crippen LogP contribution in [-0.2, 0) is 0 Å². The molecule has 0 heterocycles. The van der Waals surface area contributed by atoms with Crippen molar-refractivity contribution in [1.82, 2.24) is 0 Å². The lowest BCUT2D eigenvalue weighted by atomic mass is 9.93. The minimum absolute atomic E-state index is 0.708. The summed E-state index contributed by atoms with van der Waals surface area (Å²) in [6.07, 6.45) is 1.82. The minimum atomic E-state index is 0.708. The molecule has 3 aromatic rings. The summed E-state index contributed by atoms with van der Waals surface area (Å²) in [5.74, 6) is 6.48. The maximum Gasteiger partial charge on any atom is 0.0406 e. The van der Waals surface area contributed by atoms with E-state index in [-0.39, 0.29) is 0 Å². The summed E-state index contributed by atoms with van der Waals surface area (Å²) in [5.41, 5.74) is 5.14. The second kappa shape index (κ2) is 8.20. The highest BCUT2D eigenvalue weighted by Gasteiger charge is 2.08. The van der Waals surface area contributed by atoms with E-state index in [1.807, 2.05) is 66.7 Å². The minimum Gasteiger partial charge on any atom is -0.0978 e. The number of hydrogen-bond acceptors (Lipinski definition) is 0. The zero-order chi connectivity index (χ0) is 17.5. The average Bonchev–Trinajstić information content (AvgIpc) is 2.68. The summed E-state index contributed by atoms with van der Waals surface area (Å²) >= 11 is 5.94. The fourth-order valence-electron chi connectivity index (χ4n) is 2.58. The fraction of sp³-hybridized carbons (Fsp3) is 0. The number of benzene rings is 3. The van der Waals surface area contributed by atoms with Gasteiger partial charge in [-0.05, 0) is 35.4 Å². The van der Waals surface area contributed by atoms with Crippen molar-refractivity contribution in [1.29, 1.82) is 0 Å². The largest absolute Gasteiger partial charge is 0.0978 e. The molecule has 0 spiro atoms. The third kappa shape index (κ3) is 4.29. The topological polar surface area (TPSA) is 0 Å². The molecule has 0 atom stereocenters. The maximum absolute atomic E-state index is 5.94. The van der Waals surface area contributed by atoms with Gasteiger partial charge in [0.25, 0.3) is 0 Å². The smallest absolute Gasteiger partial charge is 0.0406 e. The molecule has 0 saturated carbocycles. The summed E-state index contributed by atoms with van der Waals surface area (Å²) in [4.78, 5) is 0. The van der Waals surface area contributed by atoms with Gasteiger partial charge in [0.2, 0.25) is 0 Å². The Morgan fingerprint density at radius 3 is 1.76 bits per heavy atom. The lowest BCUT2D eigenvalue weighted by Crippen LogP contribution is -1.92. The van der Waals surface area contributed by atoms with Crippen molar-refractivity contribution >= 4 is 17.2 Å². The van der Waals surface area contributed by atoms with Gasteiger partial charge in [0, 0.05) is 21.7 Å². The van der Waals surface area contributed by atoms with Gasteiger partial charge >= 0.3 is 0 Å². The molecule has 0 unspecified atom stereocenters. The Morgan fingerprint density at radius 2 is 1.28 bits per heavy atom. The fourth-order valence-corrected chi connectivity index (χ4v) is 2.70. The molecule has 25 heavy (non-hydrogen) atoms. The zero-order valence-electron chi connectivity index (χ0n) is 13.7. The predicted octanol–water partition coefficient (Wildman–Crippen LogP) is 6.38. The van der Waals surface area contributed by atoms with Gasteiger partial charge in [-0.1, -0.05) is 96.8 Å². The molecule has 0 aliphatic carbocycles. The van der Waals surface area contributed by atoms with Crippen molar-refractivity contribution < 1.29 is 0 Å². The molecular weight excluding hydrogens is 324 g/mol. The van der Waals surface area contributed by atoms with Crippen LogP contribution in [0, 0.1) is 11.8 Å². The van der Waals surface area contributed by atoms with E-state index in [1.165, 1.54) is 0 Å². The highest BCUT2D eigenvalue weighted by molar-refractivity contribution is 6.30. The molecule has 0 aliphatic rings. The molecule has 0 fully saturated rings. The molecule has 0 N–H and O–H groups in total. The molecule has 0 radical (unpaired) electrons. The van der Waals surface area contributed by atoms with E-state index >= 15 is 0 Å². The van der Waals surface area contributed by atoms with Crippen molar-refractivity contribution in [3.63, 3.8) is 0 Å². The average molecular weight is 341 g/mol. The summed E-state index contributed by atoms with van der Waals surface area (Å²) in [6.45, 7) is 3.98. The van der Waals surface area contributed by atoms with Crippen LogP contribution >= 0.6 is 11.6 Å². The molecule has 0 bridgehead atoms. The first-order valence-electron chi connectivity index (χ1n) is 8.03. The van der Waals surface area contributed by atoms with Crippen molar-refractivity contribution in [3.8, 4) is 11.8 Å². The number of hydrogen-bond donors (Lipinski definition) is 0. The van der Waals surface area contributed by atoms with Crippen LogP contribution in [-0.4, -0.2) is 0 Å². The van der Waals surface area contributed by atoms with Crippen LogP contribution in [0.15, 0.2) is 103 Å². The SMILES string of the molecule is C=CC(C#Cc1ccc(Cl)cc1)=C(c1ccccc1)c1ccccc1. The third-order valence-corrected chi connectivity index (χ3v) is 4.04. The van der Waals surface area contributed by atoms with Gasteiger partial charge in [-0.2, -0.15) is 0 Å². The molecule has 0 nitrogen and oxygen atoms in total. The number of rotatable bonds is 3. The van der Waals surface area contributed by atoms with E-state index in [9.17, 15) is 0 Å². The van der Waals surface area contributed by atoms with Crippen LogP contribution in [0.4, 0.5) is 0 Å². The first-order chi connectivity index (χ1) is 12.3. The van der Waals surface area contributed by atoms with Gasteiger partial charge in [-0.15, -0.1) is 0 Å². The first-order valence-corrected chi connectivity index (χ1v) is 8.41. The highest BCUT2D eigenvalue weighted by atomic mass is 35.5. The lowest BCUT2D eigenvalue weighted by Gasteiger charge is -2.10. The van der Waals surface area contributed by atoms with Gasteiger partial charge in [0.05, 0.1) is 0 Å². The summed E-state index contributed by atoms with van der Waals surface area (Å²) < 4.78 is 0. The van der Waals surface area contributed by atoms with Gasteiger partial charge in [-0.3, -0.25) is 0 Å². The Bertz CT molecular complexity index is 896. The molecular formula is C24H17Cl. The normalized spacial score (nSPS) is 9.64. The van der Waals surface area contributed by atoms with E-state index in [2.05, 4.69) is 42.7 Å². The van der Waals surface area contributed by atoms with E-state index in [4.69, 9.17) is 11.6 Å². The summed E-state index contributed by atoms with van der Waals surface area (Å²) in [6, 6.07) is 28.1. The molecule has 1 heteroatoms. The Balaban J connectivity index is 2.14. The standard InChI is InChI=1S/C24H17Cl/c1-2-20(16-13-19-14-17-23(25)18-15-19)24(21-9-5-3-6-10-21)22-11-7-4-8-12-22/h2-12,14-15,17-18H,1H2. The second-order valence-corrected chi connectivity index (χ2v) is 5.92. The predicted molar refractivity (Wildman–Crippen MR) is 107 cm³/mol. The van der Waals surface area contributed by atoms with Crippen LogP contribution in [0.5, 0.6) is 0 Å². The first kappa shape index (κ1) is 16.8. The van der Waals surface area contributed by atoms with Crippen LogP contribution in [0.25, 0.3) is 5.57 Å². The molecule has 3 rings (SSSR count). The molecule has 3 aromatic carbocycles. The Labute approximate surface area is 154 Å². The van der Waals surface area contributed by atoms with Gasteiger partial charge < -0.3 is 0 Å².